The highest BCUT2D eigenvalue weighted by Gasteiger charge is 2.39. The first kappa shape index (κ1) is 19.9. The van der Waals surface area contributed by atoms with Crippen LogP contribution in [0.4, 0.5) is 17.1 Å². The Bertz CT molecular complexity index is 2910. The van der Waals surface area contributed by atoms with E-state index in [1.54, 1.807) is 11.3 Å². The first-order valence-electron chi connectivity index (χ1n) is 20.0. The summed E-state index contributed by atoms with van der Waals surface area (Å²) in [5.74, 6) is 0. The lowest BCUT2D eigenvalue weighted by atomic mass is 9.81. The summed E-state index contributed by atoms with van der Waals surface area (Å²) in [5, 5.41) is 2.18. The summed E-state index contributed by atoms with van der Waals surface area (Å²) in [6.07, 6.45) is 0. The van der Waals surface area contributed by atoms with Crippen molar-refractivity contribution in [3.63, 3.8) is 0 Å². The summed E-state index contributed by atoms with van der Waals surface area (Å²) in [6, 6.07) is 31.6. The van der Waals surface area contributed by atoms with Crippen molar-refractivity contribution in [3.05, 3.63) is 175 Å². The van der Waals surface area contributed by atoms with Gasteiger partial charge in [0.25, 0.3) is 0 Å². The minimum absolute atomic E-state index is 0.0222. The Balaban J connectivity index is 1.40. The number of para-hydroxylation sites is 1. The van der Waals surface area contributed by atoms with Crippen LogP contribution in [0.15, 0.2) is 164 Å². The topological polar surface area (TPSA) is 3.24 Å². The Morgan fingerprint density at radius 2 is 1.15 bits per heavy atom. The van der Waals surface area contributed by atoms with E-state index in [4.69, 9.17) is 6.85 Å². The van der Waals surface area contributed by atoms with E-state index in [0.29, 0.717) is 11.4 Å². The summed E-state index contributed by atoms with van der Waals surface area (Å²) < 4.78 is 82.4. The maximum atomic E-state index is 9.67. The van der Waals surface area contributed by atoms with Gasteiger partial charge in [0.05, 0.1) is 23.7 Å². The van der Waals surface area contributed by atoms with Gasteiger partial charge in [-0.2, -0.15) is 0 Å². The molecule has 1 aliphatic carbocycles. The Kier molecular flexibility index (Phi) is 4.59. The lowest BCUT2D eigenvalue weighted by Gasteiger charge is -2.33. The van der Waals surface area contributed by atoms with Crippen molar-refractivity contribution < 1.29 is 12.3 Å². The predicted molar refractivity (Wildman–Crippen MR) is 202 cm³/mol. The van der Waals surface area contributed by atoms with E-state index in [1.807, 2.05) is 71.6 Å². The molecular weight excluding hydrogens is 587 g/mol. The van der Waals surface area contributed by atoms with Gasteiger partial charge in [0.1, 0.15) is 0 Å². The summed E-state index contributed by atoms with van der Waals surface area (Å²) in [7, 11) is 0. The lowest BCUT2D eigenvalue weighted by Crippen LogP contribution is -2.21. The first-order chi connectivity index (χ1) is 26.8. The second kappa shape index (κ2) is 10.8. The molecular formula is C45H33NS. The molecule has 1 aliphatic rings. The second-order valence-corrected chi connectivity index (χ2v) is 13.3. The average Bonchev–Trinajstić information content (AvgIpc) is 3.71. The number of hydrogen-bond acceptors (Lipinski definition) is 2. The zero-order valence-electron chi connectivity index (χ0n) is 34.7. The Morgan fingerprint density at radius 3 is 2.00 bits per heavy atom. The van der Waals surface area contributed by atoms with Crippen molar-refractivity contribution in [1.82, 2.24) is 0 Å². The molecule has 0 unspecified atom stereocenters. The molecule has 224 valence electrons. The molecule has 0 bridgehead atoms. The van der Waals surface area contributed by atoms with E-state index in [-0.39, 0.29) is 16.8 Å². The van der Waals surface area contributed by atoms with Crippen molar-refractivity contribution in [3.8, 4) is 33.4 Å². The van der Waals surface area contributed by atoms with Gasteiger partial charge in [-0.3, -0.25) is 0 Å². The molecule has 1 aromatic heterocycles. The fourth-order valence-corrected chi connectivity index (χ4v) is 8.32. The summed E-state index contributed by atoms with van der Waals surface area (Å²) in [5.41, 5.74) is 5.96. The number of thiophene rings is 1. The maximum absolute atomic E-state index is 9.67. The maximum Gasteiger partial charge on any atom is 0.0645 e. The van der Waals surface area contributed by atoms with Crippen LogP contribution < -0.4 is 4.90 Å². The minimum Gasteiger partial charge on any atom is -0.310 e. The molecule has 9 rings (SSSR count). The molecule has 0 fully saturated rings. The number of anilines is 3. The van der Waals surface area contributed by atoms with Crippen LogP contribution in [0.5, 0.6) is 0 Å². The van der Waals surface area contributed by atoms with Gasteiger partial charge in [-0.25, -0.2) is 0 Å². The van der Waals surface area contributed by atoms with Crippen LogP contribution in [0.3, 0.4) is 0 Å². The third-order valence-corrected chi connectivity index (χ3v) is 10.4. The first-order valence-corrected chi connectivity index (χ1v) is 16.4. The second-order valence-electron chi connectivity index (χ2n) is 12.2. The van der Waals surface area contributed by atoms with Crippen LogP contribution in [-0.2, 0) is 5.41 Å². The fourth-order valence-electron chi connectivity index (χ4n) is 7.19. The zero-order valence-corrected chi connectivity index (χ0v) is 26.6. The third kappa shape index (κ3) is 4.36. The van der Waals surface area contributed by atoms with Crippen molar-refractivity contribution in [1.29, 1.82) is 0 Å². The smallest absolute Gasteiger partial charge is 0.0645 e. The number of hydrogen-bond donors (Lipinski definition) is 0. The monoisotopic (exact) mass is 628 g/mol. The molecule has 0 aliphatic heterocycles. The van der Waals surface area contributed by atoms with Crippen molar-refractivity contribution in [2.75, 3.05) is 4.90 Å². The van der Waals surface area contributed by atoms with E-state index in [0.717, 1.165) is 53.6 Å². The van der Waals surface area contributed by atoms with Crippen LogP contribution in [0.2, 0.25) is 0 Å². The van der Waals surface area contributed by atoms with Gasteiger partial charge < -0.3 is 4.90 Å². The van der Waals surface area contributed by atoms with Crippen LogP contribution in [0, 0.1) is 0 Å². The summed E-state index contributed by atoms with van der Waals surface area (Å²) in [6.45, 7) is 4.31. The molecule has 0 saturated carbocycles. The van der Waals surface area contributed by atoms with Crippen LogP contribution in [0.1, 0.15) is 37.3 Å². The molecule has 0 amide bonds. The molecule has 0 atom stereocenters. The van der Waals surface area contributed by atoms with Gasteiger partial charge in [0.15, 0.2) is 0 Å². The van der Waals surface area contributed by atoms with Crippen molar-refractivity contribution in [2.24, 2.45) is 0 Å². The van der Waals surface area contributed by atoms with Gasteiger partial charge in [0.2, 0.25) is 0 Å². The highest BCUT2D eigenvalue weighted by atomic mass is 32.1. The van der Waals surface area contributed by atoms with Gasteiger partial charge in [0, 0.05) is 36.8 Å². The van der Waals surface area contributed by atoms with Crippen LogP contribution in [-0.4, -0.2) is 0 Å². The summed E-state index contributed by atoms with van der Waals surface area (Å²) >= 11 is 1.71. The molecule has 7 aromatic carbocycles. The molecule has 0 radical (unpaired) electrons. The highest BCUT2D eigenvalue weighted by molar-refractivity contribution is 7.25. The van der Waals surface area contributed by atoms with E-state index >= 15 is 0 Å². The lowest BCUT2D eigenvalue weighted by molar-refractivity contribution is 0.661. The summed E-state index contributed by atoms with van der Waals surface area (Å²) in [4.78, 5) is 1.83. The van der Waals surface area contributed by atoms with E-state index in [2.05, 4.69) is 56.3 Å². The highest BCUT2D eigenvalue weighted by Crippen LogP contribution is 2.55. The van der Waals surface area contributed by atoms with Gasteiger partial charge in [-0.1, -0.05) is 141 Å². The fraction of sp³-hybridized carbons (Fsp3) is 0.0667. The number of rotatable bonds is 5. The van der Waals surface area contributed by atoms with E-state index in [9.17, 15) is 5.48 Å². The van der Waals surface area contributed by atoms with Crippen LogP contribution >= 0.6 is 11.3 Å². The van der Waals surface area contributed by atoms with Crippen LogP contribution in [0.25, 0.3) is 53.6 Å². The predicted octanol–water partition coefficient (Wildman–Crippen LogP) is 13.2. The molecule has 8 aromatic rings. The van der Waals surface area contributed by atoms with E-state index in [1.165, 1.54) is 0 Å². The number of benzene rings is 7. The molecule has 0 N–H and O–H groups in total. The Hall–Kier alpha value is -5.44. The van der Waals surface area contributed by atoms with Gasteiger partial charge >= 0.3 is 0 Å². The largest absolute Gasteiger partial charge is 0.310 e. The molecule has 2 heteroatoms. The Morgan fingerprint density at radius 1 is 0.532 bits per heavy atom. The number of fused-ring (bicyclic) bond motifs is 6. The Labute approximate surface area is 292 Å². The molecule has 1 heterocycles. The molecule has 47 heavy (non-hydrogen) atoms. The van der Waals surface area contributed by atoms with Gasteiger partial charge in [-0.05, 0) is 75.3 Å². The molecule has 0 saturated heterocycles. The minimum atomic E-state index is -0.616. The van der Waals surface area contributed by atoms with Gasteiger partial charge in [-0.15, -0.1) is 11.3 Å². The quantitative estimate of drug-likeness (QED) is 0.183. The number of nitrogens with zero attached hydrogens (tertiary/aromatic N) is 1. The zero-order chi connectivity index (χ0) is 39.4. The third-order valence-electron chi connectivity index (χ3n) is 9.22. The SMILES string of the molecule is [2H]c1c([2H])c([2H])c(-c2c([2H])c([2H])c(N(c3ccccc3-c3cccc4sc5ccccc5c34)c3cccc4c3C(C)(C)c3ccccc3-4)c([2H])c2[2H])c([2H])c1[2H]. The average molecular weight is 629 g/mol. The van der Waals surface area contributed by atoms with Crippen molar-refractivity contribution >= 4 is 48.6 Å². The molecule has 1 nitrogen and oxygen atoms in total. The van der Waals surface area contributed by atoms with Crippen molar-refractivity contribution in [2.45, 2.75) is 19.3 Å². The molecule has 0 spiro atoms. The standard InChI is InChI=1S/C45H33NS/c1-45(2)38-21-9-6-16-33(38)36-20-12-23-40(44(36)45)46(32-28-26-31(27-29-32)30-14-4-3-5-15-30)39-22-10-7-17-34(39)35-19-13-25-42-43(35)37-18-8-11-24-41(37)47-42/h3-29H,1-2H3/i3D,4D,5D,14D,15D,26D,27D,28D,29D. The normalized spacial score (nSPS) is 15.7. The van der Waals surface area contributed by atoms with E-state index < -0.39 is 59.8 Å².